The van der Waals surface area contributed by atoms with Gasteiger partial charge in [0, 0.05) is 19.1 Å². The van der Waals surface area contributed by atoms with E-state index in [9.17, 15) is 0 Å². The minimum absolute atomic E-state index is 0.623. The van der Waals surface area contributed by atoms with Gasteiger partial charge < -0.3 is 10.2 Å². The van der Waals surface area contributed by atoms with Crippen LogP contribution in [0.25, 0.3) is 0 Å². The van der Waals surface area contributed by atoms with Gasteiger partial charge >= 0.3 is 0 Å². The molecule has 0 bridgehead atoms. The maximum absolute atomic E-state index is 3.62. The summed E-state index contributed by atoms with van der Waals surface area (Å²) in [5.41, 5.74) is 2.85. The summed E-state index contributed by atoms with van der Waals surface area (Å²) < 4.78 is 0. The van der Waals surface area contributed by atoms with E-state index >= 15 is 0 Å². The van der Waals surface area contributed by atoms with Gasteiger partial charge in [0.15, 0.2) is 0 Å². The van der Waals surface area contributed by atoms with Crippen molar-refractivity contribution in [2.75, 3.05) is 20.1 Å². The number of piperidine rings is 1. The normalized spacial score (nSPS) is 20.2. The molecule has 1 aromatic carbocycles. The molecule has 19 heavy (non-hydrogen) atoms. The molecule has 106 valence electrons. The van der Waals surface area contributed by atoms with Crippen LogP contribution in [0, 0.1) is 0 Å². The first-order chi connectivity index (χ1) is 9.15. The summed E-state index contributed by atoms with van der Waals surface area (Å²) in [6.07, 6.45) is 4.06. The van der Waals surface area contributed by atoms with Crippen LogP contribution in [-0.2, 0) is 6.54 Å². The van der Waals surface area contributed by atoms with Crippen molar-refractivity contribution in [1.82, 2.24) is 10.2 Å². The molecule has 0 aromatic heterocycles. The number of benzene rings is 1. The van der Waals surface area contributed by atoms with Crippen molar-refractivity contribution < 1.29 is 0 Å². The summed E-state index contributed by atoms with van der Waals surface area (Å²) in [5.74, 6) is 0.623. The molecule has 1 heterocycles. The molecule has 1 aliphatic rings. The van der Waals surface area contributed by atoms with Crippen molar-refractivity contribution >= 4 is 0 Å². The molecule has 0 amide bonds. The Bertz CT molecular complexity index is 363. The number of likely N-dealkylation sites (N-methyl/N-ethyl adjacent to an activating group) is 1. The van der Waals surface area contributed by atoms with E-state index in [-0.39, 0.29) is 0 Å². The molecule has 1 unspecified atom stereocenters. The van der Waals surface area contributed by atoms with Crippen LogP contribution in [0.4, 0.5) is 0 Å². The lowest BCUT2D eigenvalue weighted by molar-refractivity contribution is 0.256. The first-order valence-corrected chi connectivity index (χ1v) is 7.66. The quantitative estimate of drug-likeness (QED) is 0.873. The third-order valence-corrected chi connectivity index (χ3v) is 4.04. The fraction of sp³-hybridized carbons (Fsp3) is 0.647. The van der Waals surface area contributed by atoms with Crippen molar-refractivity contribution in [1.29, 1.82) is 0 Å². The van der Waals surface area contributed by atoms with Crippen LogP contribution < -0.4 is 5.32 Å². The van der Waals surface area contributed by atoms with Crippen LogP contribution >= 0.6 is 0 Å². The zero-order chi connectivity index (χ0) is 13.7. The maximum atomic E-state index is 3.62. The Morgan fingerprint density at radius 3 is 2.53 bits per heavy atom. The van der Waals surface area contributed by atoms with Gasteiger partial charge in [-0.25, -0.2) is 0 Å². The number of rotatable bonds is 5. The molecule has 2 nitrogen and oxygen atoms in total. The molecule has 2 heteroatoms. The van der Waals surface area contributed by atoms with Crippen molar-refractivity contribution in [3.63, 3.8) is 0 Å². The van der Waals surface area contributed by atoms with Crippen molar-refractivity contribution in [2.24, 2.45) is 0 Å². The van der Waals surface area contributed by atoms with Crippen LogP contribution in [0.2, 0.25) is 0 Å². The minimum atomic E-state index is 0.623. The standard InChI is InChI=1S/C17H28N2/c1-14(2)16-9-7-15(8-10-16)12-19(3)13-17-6-4-5-11-18-17/h7-10,14,17-18H,4-6,11-13H2,1-3H3. The molecular formula is C17H28N2. The fourth-order valence-corrected chi connectivity index (χ4v) is 2.84. The van der Waals surface area contributed by atoms with Gasteiger partial charge in [-0.2, -0.15) is 0 Å². The zero-order valence-corrected chi connectivity index (χ0v) is 12.7. The van der Waals surface area contributed by atoms with Gasteiger partial charge in [-0.15, -0.1) is 0 Å². The van der Waals surface area contributed by atoms with E-state index in [1.165, 1.54) is 36.9 Å². The topological polar surface area (TPSA) is 15.3 Å². The first-order valence-electron chi connectivity index (χ1n) is 7.66. The summed E-state index contributed by atoms with van der Waals surface area (Å²) in [5, 5.41) is 3.62. The molecule has 1 aliphatic heterocycles. The molecule has 1 saturated heterocycles. The van der Waals surface area contributed by atoms with E-state index in [0.29, 0.717) is 12.0 Å². The number of hydrogen-bond acceptors (Lipinski definition) is 2. The fourth-order valence-electron chi connectivity index (χ4n) is 2.84. The second-order valence-electron chi connectivity index (χ2n) is 6.24. The Kier molecular flexibility index (Phi) is 5.41. The lowest BCUT2D eigenvalue weighted by Crippen LogP contribution is -2.42. The predicted molar refractivity (Wildman–Crippen MR) is 82.5 cm³/mol. The monoisotopic (exact) mass is 260 g/mol. The molecule has 1 fully saturated rings. The summed E-state index contributed by atoms with van der Waals surface area (Å²) in [6, 6.07) is 9.79. The summed E-state index contributed by atoms with van der Waals surface area (Å²) in [7, 11) is 2.23. The Morgan fingerprint density at radius 1 is 1.21 bits per heavy atom. The highest BCUT2D eigenvalue weighted by molar-refractivity contribution is 5.24. The number of nitrogens with one attached hydrogen (secondary N) is 1. The van der Waals surface area contributed by atoms with Crippen LogP contribution in [0.15, 0.2) is 24.3 Å². The predicted octanol–water partition coefficient (Wildman–Crippen LogP) is 3.38. The summed E-state index contributed by atoms with van der Waals surface area (Å²) >= 11 is 0. The molecular weight excluding hydrogens is 232 g/mol. The van der Waals surface area contributed by atoms with Crippen LogP contribution in [0.3, 0.4) is 0 Å². The molecule has 1 aromatic rings. The van der Waals surface area contributed by atoms with Crippen molar-refractivity contribution in [3.8, 4) is 0 Å². The van der Waals surface area contributed by atoms with Gasteiger partial charge in [-0.3, -0.25) is 0 Å². The van der Waals surface area contributed by atoms with Gasteiger partial charge in [0.1, 0.15) is 0 Å². The van der Waals surface area contributed by atoms with E-state index < -0.39 is 0 Å². The Morgan fingerprint density at radius 2 is 1.95 bits per heavy atom. The van der Waals surface area contributed by atoms with Gasteiger partial charge in [-0.1, -0.05) is 44.5 Å². The summed E-state index contributed by atoms with van der Waals surface area (Å²) in [6.45, 7) is 7.90. The van der Waals surface area contributed by atoms with E-state index in [1.54, 1.807) is 0 Å². The highest BCUT2D eigenvalue weighted by Crippen LogP contribution is 2.16. The highest BCUT2D eigenvalue weighted by atomic mass is 15.1. The third kappa shape index (κ3) is 4.63. The molecule has 0 spiro atoms. The Hall–Kier alpha value is -0.860. The van der Waals surface area contributed by atoms with Gasteiger partial charge in [-0.05, 0) is 43.5 Å². The minimum Gasteiger partial charge on any atom is -0.313 e. The maximum Gasteiger partial charge on any atom is 0.0231 e. The first kappa shape index (κ1) is 14.5. The molecule has 1 atom stereocenters. The third-order valence-electron chi connectivity index (χ3n) is 4.04. The van der Waals surface area contributed by atoms with Crippen LogP contribution in [-0.4, -0.2) is 31.1 Å². The lowest BCUT2D eigenvalue weighted by atomic mass is 10.0. The Labute approximate surface area is 118 Å². The van der Waals surface area contributed by atoms with E-state index in [0.717, 1.165) is 13.1 Å². The second-order valence-corrected chi connectivity index (χ2v) is 6.24. The van der Waals surface area contributed by atoms with Gasteiger partial charge in [0.25, 0.3) is 0 Å². The number of hydrogen-bond donors (Lipinski definition) is 1. The van der Waals surface area contributed by atoms with Crippen molar-refractivity contribution in [2.45, 2.75) is 51.6 Å². The van der Waals surface area contributed by atoms with E-state index in [2.05, 4.69) is 55.4 Å². The van der Waals surface area contributed by atoms with Crippen LogP contribution in [0.5, 0.6) is 0 Å². The largest absolute Gasteiger partial charge is 0.313 e. The average molecular weight is 260 g/mol. The average Bonchev–Trinajstić information content (AvgIpc) is 2.40. The van der Waals surface area contributed by atoms with Gasteiger partial charge in [0.2, 0.25) is 0 Å². The van der Waals surface area contributed by atoms with Crippen molar-refractivity contribution in [3.05, 3.63) is 35.4 Å². The molecule has 0 aliphatic carbocycles. The molecule has 0 radical (unpaired) electrons. The highest BCUT2D eigenvalue weighted by Gasteiger charge is 2.14. The van der Waals surface area contributed by atoms with E-state index in [4.69, 9.17) is 0 Å². The van der Waals surface area contributed by atoms with Gasteiger partial charge in [0.05, 0.1) is 0 Å². The second kappa shape index (κ2) is 7.06. The molecule has 0 saturated carbocycles. The Balaban J connectivity index is 1.82. The molecule has 1 N–H and O–H groups in total. The van der Waals surface area contributed by atoms with Crippen LogP contribution in [0.1, 0.15) is 50.2 Å². The lowest BCUT2D eigenvalue weighted by Gasteiger charge is -2.28. The molecule has 2 rings (SSSR count). The zero-order valence-electron chi connectivity index (χ0n) is 12.7. The smallest absolute Gasteiger partial charge is 0.0231 e. The SMILES string of the molecule is CC(C)c1ccc(CN(C)CC2CCCCN2)cc1. The number of nitrogens with zero attached hydrogens (tertiary/aromatic N) is 1. The summed E-state index contributed by atoms with van der Waals surface area (Å²) in [4.78, 5) is 2.44. The van der Waals surface area contributed by atoms with E-state index in [1.807, 2.05) is 0 Å².